The summed E-state index contributed by atoms with van der Waals surface area (Å²) < 4.78 is 6.76. The number of aliphatic carboxylic acids is 1. The number of nitrogens with zero attached hydrogens (tertiary/aromatic N) is 3. The average molecular weight is 283 g/mol. The Labute approximate surface area is 118 Å². The molecule has 1 rings (SSSR count). The van der Waals surface area contributed by atoms with E-state index >= 15 is 0 Å². The molecule has 0 spiro atoms. The summed E-state index contributed by atoms with van der Waals surface area (Å²) >= 11 is 0. The van der Waals surface area contributed by atoms with Crippen LogP contribution >= 0.6 is 0 Å². The minimum Gasteiger partial charge on any atom is -0.479 e. The number of carboxylic acids is 1. The fraction of sp³-hybridized carbons (Fsp3) is 0.615. The van der Waals surface area contributed by atoms with Crippen molar-refractivity contribution >= 4 is 12.1 Å². The van der Waals surface area contributed by atoms with Crippen LogP contribution in [0.3, 0.4) is 0 Å². The van der Waals surface area contributed by atoms with Crippen LogP contribution in [0.5, 0.6) is 0 Å². The fourth-order valence-corrected chi connectivity index (χ4v) is 1.73. The van der Waals surface area contributed by atoms with Gasteiger partial charge in [0, 0.05) is 25.4 Å². The second kappa shape index (κ2) is 5.52. The van der Waals surface area contributed by atoms with E-state index in [-0.39, 0.29) is 0 Å². The van der Waals surface area contributed by atoms with Crippen molar-refractivity contribution < 1.29 is 19.4 Å². The monoisotopic (exact) mass is 283 g/mol. The minimum atomic E-state index is -1.13. The van der Waals surface area contributed by atoms with Crippen molar-refractivity contribution in [3.05, 3.63) is 17.5 Å². The second-order valence-corrected chi connectivity index (χ2v) is 5.64. The van der Waals surface area contributed by atoms with Crippen molar-refractivity contribution in [1.29, 1.82) is 0 Å². The molecule has 0 fully saturated rings. The van der Waals surface area contributed by atoms with Gasteiger partial charge in [-0.3, -0.25) is 9.58 Å². The molecule has 1 aromatic rings. The highest BCUT2D eigenvalue weighted by Crippen LogP contribution is 2.24. The van der Waals surface area contributed by atoms with Gasteiger partial charge in [-0.05, 0) is 27.7 Å². The fourth-order valence-electron chi connectivity index (χ4n) is 1.73. The summed E-state index contributed by atoms with van der Waals surface area (Å²) in [4.78, 5) is 24.6. The Hall–Kier alpha value is -2.05. The van der Waals surface area contributed by atoms with Crippen molar-refractivity contribution in [3.63, 3.8) is 0 Å². The smallest absolute Gasteiger partial charge is 0.411 e. The van der Waals surface area contributed by atoms with Gasteiger partial charge in [0.05, 0.1) is 6.20 Å². The van der Waals surface area contributed by atoms with E-state index in [1.54, 1.807) is 39.4 Å². The Morgan fingerprint density at radius 1 is 1.45 bits per heavy atom. The lowest BCUT2D eigenvalue weighted by atomic mass is 10.1. The molecule has 1 N–H and O–H groups in total. The first-order valence-electron chi connectivity index (χ1n) is 6.21. The first-order valence-corrected chi connectivity index (χ1v) is 6.21. The average Bonchev–Trinajstić information content (AvgIpc) is 2.58. The third-order valence-corrected chi connectivity index (χ3v) is 2.87. The highest BCUT2D eigenvalue weighted by Gasteiger charge is 2.33. The van der Waals surface area contributed by atoms with Crippen molar-refractivity contribution in [2.75, 3.05) is 7.05 Å². The van der Waals surface area contributed by atoms with Gasteiger partial charge in [0.25, 0.3) is 0 Å². The van der Waals surface area contributed by atoms with Crippen LogP contribution in [0.2, 0.25) is 0 Å². The summed E-state index contributed by atoms with van der Waals surface area (Å²) in [5.41, 5.74) is 0.472. The van der Waals surface area contributed by atoms with Crippen LogP contribution in [0.15, 0.2) is 6.20 Å². The summed E-state index contributed by atoms with van der Waals surface area (Å²) in [6.45, 7) is 6.93. The van der Waals surface area contributed by atoms with Gasteiger partial charge in [0.1, 0.15) is 5.60 Å². The van der Waals surface area contributed by atoms with Crippen LogP contribution < -0.4 is 0 Å². The third kappa shape index (κ3) is 3.49. The first kappa shape index (κ1) is 16.0. The molecular weight excluding hydrogens is 262 g/mol. The Morgan fingerprint density at radius 2 is 2.00 bits per heavy atom. The Morgan fingerprint density at radius 3 is 2.35 bits per heavy atom. The molecule has 0 bridgehead atoms. The van der Waals surface area contributed by atoms with Gasteiger partial charge in [-0.2, -0.15) is 5.10 Å². The molecule has 1 aromatic heterocycles. The maximum atomic E-state index is 12.0. The van der Waals surface area contributed by atoms with Crippen LogP contribution in [-0.4, -0.2) is 44.5 Å². The van der Waals surface area contributed by atoms with E-state index in [9.17, 15) is 14.7 Å². The molecule has 0 aliphatic carbocycles. The molecule has 0 saturated heterocycles. The molecule has 1 amide bonds. The third-order valence-electron chi connectivity index (χ3n) is 2.87. The van der Waals surface area contributed by atoms with Gasteiger partial charge < -0.3 is 9.84 Å². The van der Waals surface area contributed by atoms with E-state index < -0.39 is 23.7 Å². The van der Waals surface area contributed by atoms with Crippen LogP contribution in [0.25, 0.3) is 0 Å². The number of hydrogen-bond acceptors (Lipinski definition) is 4. The highest BCUT2D eigenvalue weighted by molar-refractivity contribution is 5.81. The van der Waals surface area contributed by atoms with Crippen molar-refractivity contribution in [2.45, 2.75) is 39.3 Å². The molecule has 0 aliphatic rings. The number of aryl methyl sites for hydroxylation is 1. The van der Waals surface area contributed by atoms with E-state index in [2.05, 4.69) is 5.10 Å². The van der Waals surface area contributed by atoms with Crippen LogP contribution in [0.1, 0.15) is 38.1 Å². The summed E-state index contributed by atoms with van der Waals surface area (Å²) in [7, 11) is 3.12. The Bertz CT molecular complexity index is 516. The summed E-state index contributed by atoms with van der Waals surface area (Å²) in [6.07, 6.45) is 0.766. The first-order chi connectivity index (χ1) is 9.04. The van der Waals surface area contributed by atoms with Crippen LogP contribution in [0.4, 0.5) is 4.79 Å². The number of amides is 1. The van der Waals surface area contributed by atoms with Crippen LogP contribution in [-0.2, 0) is 16.6 Å². The molecule has 0 aromatic carbocycles. The number of carbonyl (C=O) groups is 2. The zero-order valence-corrected chi connectivity index (χ0v) is 12.7. The van der Waals surface area contributed by atoms with Gasteiger partial charge in [0.2, 0.25) is 0 Å². The van der Waals surface area contributed by atoms with Crippen LogP contribution in [0, 0.1) is 6.92 Å². The largest absolute Gasteiger partial charge is 0.479 e. The molecule has 112 valence electrons. The lowest BCUT2D eigenvalue weighted by Gasteiger charge is -2.28. The SMILES string of the molecule is Cc1c(C(C(=O)O)N(C)C(=O)OC(C)(C)C)cnn1C. The second-order valence-electron chi connectivity index (χ2n) is 5.64. The van der Waals surface area contributed by atoms with Gasteiger partial charge in [0.15, 0.2) is 6.04 Å². The topological polar surface area (TPSA) is 84.7 Å². The molecule has 0 radical (unpaired) electrons. The quantitative estimate of drug-likeness (QED) is 0.913. The van der Waals surface area contributed by atoms with E-state index in [1.165, 1.54) is 13.2 Å². The summed E-state index contributed by atoms with van der Waals surface area (Å²) in [5.74, 6) is -1.13. The Kier molecular flexibility index (Phi) is 4.42. The van der Waals surface area contributed by atoms with Gasteiger partial charge >= 0.3 is 12.1 Å². The molecule has 7 nitrogen and oxygen atoms in total. The van der Waals surface area contributed by atoms with Gasteiger partial charge in [-0.15, -0.1) is 0 Å². The number of carbonyl (C=O) groups excluding carboxylic acids is 1. The standard InChI is InChI=1S/C13H21N3O4/c1-8-9(7-14-16(8)6)10(11(17)18)15(5)12(19)20-13(2,3)4/h7,10H,1-6H3,(H,17,18). The zero-order valence-electron chi connectivity index (χ0n) is 12.7. The van der Waals surface area contributed by atoms with Crippen molar-refractivity contribution in [3.8, 4) is 0 Å². The minimum absolute atomic E-state index is 0.466. The molecule has 1 unspecified atom stereocenters. The maximum absolute atomic E-state index is 12.0. The number of likely N-dealkylation sites (N-methyl/N-ethyl adjacent to an activating group) is 1. The normalized spacial score (nSPS) is 12.9. The number of rotatable bonds is 3. The lowest BCUT2D eigenvalue weighted by molar-refractivity contribution is -0.143. The predicted octanol–water partition coefficient (Wildman–Crippen LogP) is 1.72. The van der Waals surface area contributed by atoms with E-state index in [4.69, 9.17) is 4.74 Å². The summed E-state index contributed by atoms with van der Waals surface area (Å²) in [5, 5.41) is 13.4. The zero-order chi connectivity index (χ0) is 15.7. The Balaban J connectivity index is 3.06. The molecule has 1 atom stereocenters. The van der Waals surface area contributed by atoms with E-state index in [1.807, 2.05) is 0 Å². The number of hydrogen-bond donors (Lipinski definition) is 1. The molecular formula is C13H21N3O4. The molecule has 0 saturated carbocycles. The number of aromatic nitrogens is 2. The molecule has 7 heteroatoms. The number of carboxylic acid groups (broad SMARTS) is 1. The maximum Gasteiger partial charge on any atom is 0.411 e. The lowest BCUT2D eigenvalue weighted by Crippen LogP contribution is -2.39. The molecule has 1 heterocycles. The van der Waals surface area contributed by atoms with E-state index in [0.29, 0.717) is 11.3 Å². The molecule has 0 aliphatic heterocycles. The highest BCUT2D eigenvalue weighted by atomic mass is 16.6. The van der Waals surface area contributed by atoms with Gasteiger partial charge in [-0.1, -0.05) is 0 Å². The van der Waals surface area contributed by atoms with Crippen molar-refractivity contribution in [2.24, 2.45) is 7.05 Å². The number of ether oxygens (including phenoxy) is 1. The van der Waals surface area contributed by atoms with Crippen molar-refractivity contribution in [1.82, 2.24) is 14.7 Å². The van der Waals surface area contributed by atoms with Gasteiger partial charge in [-0.25, -0.2) is 9.59 Å². The molecule has 20 heavy (non-hydrogen) atoms. The van der Waals surface area contributed by atoms with E-state index in [0.717, 1.165) is 4.90 Å². The summed E-state index contributed by atoms with van der Waals surface area (Å²) in [6, 6.07) is -1.13. The predicted molar refractivity (Wildman–Crippen MR) is 72.3 cm³/mol.